The van der Waals surface area contributed by atoms with E-state index < -0.39 is 6.04 Å². The molecule has 28 heavy (non-hydrogen) atoms. The summed E-state index contributed by atoms with van der Waals surface area (Å²) in [5.41, 5.74) is 2.80. The number of carbonyl (C=O) groups excluding carboxylic acids is 2. The minimum absolute atomic E-state index is 0.151. The predicted octanol–water partition coefficient (Wildman–Crippen LogP) is 2.36. The van der Waals surface area contributed by atoms with Crippen molar-refractivity contribution in [2.45, 2.75) is 18.9 Å². The van der Waals surface area contributed by atoms with Crippen molar-refractivity contribution >= 4 is 28.4 Å². The zero-order valence-electron chi connectivity index (χ0n) is 15.1. The Kier molecular flexibility index (Phi) is 4.02. The van der Waals surface area contributed by atoms with Crippen LogP contribution in [-0.2, 0) is 16.0 Å². The number of amides is 2. The van der Waals surface area contributed by atoms with Crippen molar-refractivity contribution in [2.24, 2.45) is 0 Å². The first-order chi connectivity index (χ1) is 13.7. The Hall–Kier alpha value is -3.32. The number of rotatable bonds is 5. The molecule has 0 unspecified atom stereocenters. The van der Waals surface area contributed by atoms with Crippen LogP contribution in [0.5, 0.6) is 11.5 Å². The molecule has 0 spiro atoms. The van der Waals surface area contributed by atoms with Crippen LogP contribution in [0.2, 0.25) is 0 Å². The van der Waals surface area contributed by atoms with Gasteiger partial charge in [0, 0.05) is 29.7 Å². The lowest BCUT2D eigenvalue weighted by molar-refractivity contribution is -0.121. The zero-order valence-corrected chi connectivity index (χ0v) is 15.1. The van der Waals surface area contributed by atoms with Crippen LogP contribution in [-0.4, -0.2) is 36.2 Å². The molecule has 2 N–H and O–H groups in total. The van der Waals surface area contributed by atoms with Crippen molar-refractivity contribution in [2.75, 3.05) is 18.2 Å². The van der Waals surface area contributed by atoms with Gasteiger partial charge in [0.1, 0.15) is 0 Å². The standard InChI is InChI=1S/C21H19N3O4/c25-20-10-17(22-8-7-13-11-23-16-4-2-1-3-15(13)16)21(26)24(20)14-5-6-18-19(9-14)28-12-27-18/h1-6,9,11,17,22-23H,7-8,10,12H2/t17-/m0/s1. The number of aromatic nitrogens is 1. The minimum atomic E-state index is -0.511. The van der Waals surface area contributed by atoms with Gasteiger partial charge in [0.15, 0.2) is 11.5 Å². The SMILES string of the molecule is O=C1C[C@H](NCCc2c[nH]c3ccccc23)C(=O)N1c1ccc2c(c1)OCO2. The van der Waals surface area contributed by atoms with Gasteiger partial charge in [-0.15, -0.1) is 0 Å². The lowest BCUT2D eigenvalue weighted by atomic mass is 10.1. The summed E-state index contributed by atoms with van der Waals surface area (Å²) in [6, 6.07) is 12.7. The van der Waals surface area contributed by atoms with E-state index in [1.54, 1.807) is 18.2 Å². The average Bonchev–Trinajstić information content (AvgIpc) is 3.40. The Labute approximate surface area is 161 Å². The lowest BCUT2D eigenvalue weighted by Gasteiger charge is -2.16. The maximum atomic E-state index is 12.8. The summed E-state index contributed by atoms with van der Waals surface area (Å²) in [6.45, 7) is 0.763. The molecule has 142 valence electrons. The first-order valence-corrected chi connectivity index (χ1v) is 9.25. The fourth-order valence-corrected chi connectivity index (χ4v) is 3.81. The number of nitrogens with zero attached hydrogens (tertiary/aromatic N) is 1. The highest BCUT2D eigenvalue weighted by molar-refractivity contribution is 6.22. The highest BCUT2D eigenvalue weighted by atomic mass is 16.7. The van der Waals surface area contributed by atoms with Gasteiger partial charge >= 0.3 is 0 Å². The van der Waals surface area contributed by atoms with Gasteiger partial charge < -0.3 is 19.8 Å². The topological polar surface area (TPSA) is 83.7 Å². The molecule has 1 fully saturated rings. The van der Waals surface area contributed by atoms with Gasteiger partial charge in [0.25, 0.3) is 5.91 Å². The van der Waals surface area contributed by atoms with Crippen LogP contribution in [0.25, 0.3) is 10.9 Å². The Morgan fingerprint density at radius 2 is 1.96 bits per heavy atom. The van der Waals surface area contributed by atoms with Crippen LogP contribution in [0.1, 0.15) is 12.0 Å². The molecule has 2 amide bonds. The Morgan fingerprint density at radius 1 is 1.11 bits per heavy atom. The second-order valence-electron chi connectivity index (χ2n) is 6.93. The Balaban J connectivity index is 1.26. The van der Waals surface area contributed by atoms with Crippen molar-refractivity contribution < 1.29 is 19.1 Å². The van der Waals surface area contributed by atoms with E-state index in [0.717, 1.165) is 11.9 Å². The average molecular weight is 377 g/mol. The van der Waals surface area contributed by atoms with Gasteiger partial charge in [-0.3, -0.25) is 9.59 Å². The molecule has 0 radical (unpaired) electrons. The summed E-state index contributed by atoms with van der Waals surface area (Å²) in [7, 11) is 0. The van der Waals surface area contributed by atoms with E-state index in [2.05, 4.69) is 16.4 Å². The molecule has 2 aromatic carbocycles. The number of nitrogens with one attached hydrogen (secondary N) is 2. The molecule has 3 heterocycles. The molecule has 7 nitrogen and oxygen atoms in total. The molecular formula is C21H19N3O4. The molecule has 5 rings (SSSR count). The van der Waals surface area contributed by atoms with Crippen molar-refractivity contribution in [1.82, 2.24) is 10.3 Å². The summed E-state index contributed by atoms with van der Waals surface area (Å²) < 4.78 is 10.6. The molecule has 2 aliphatic rings. The summed E-state index contributed by atoms with van der Waals surface area (Å²) >= 11 is 0. The molecule has 0 saturated carbocycles. The van der Waals surface area contributed by atoms with E-state index in [-0.39, 0.29) is 25.0 Å². The van der Waals surface area contributed by atoms with Crippen LogP contribution in [0.15, 0.2) is 48.7 Å². The number of imide groups is 1. The van der Waals surface area contributed by atoms with E-state index in [0.29, 0.717) is 23.7 Å². The fourth-order valence-electron chi connectivity index (χ4n) is 3.81. The maximum absolute atomic E-state index is 12.8. The maximum Gasteiger partial charge on any atom is 0.251 e. The normalized spacial score (nSPS) is 18.4. The first-order valence-electron chi connectivity index (χ1n) is 9.25. The number of benzene rings is 2. The Morgan fingerprint density at radius 3 is 2.89 bits per heavy atom. The summed E-state index contributed by atoms with van der Waals surface area (Å²) in [4.78, 5) is 29.7. The number of para-hydroxylation sites is 1. The largest absolute Gasteiger partial charge is 0.454 e. The highest BCUT2D eigenvalue weighted by Gasteiger charge is 2.39. The van der Waals surface area contributed by atoms with Gasteiger partial charge in [0.2, 0.25) is 12.7 Å². The molecule has 0 bridgehead atoms. The number of anilines is 1. The van der Waals surface area contributed by atoms with Gasteiger partial charge in [-0.2, -0.15) is 0 Å². The fraction of sp³-hybridized carbons (Fsp3) is 0.238. The first kappa shape index (κ1) is 16.8. The van der Waals surface area contributed by atoms with Crippen molar-refractivity contribution in [3.63, 3.8) is 0 Å². The van der Waals surface area contributed by atoms with Crippen molar-refractivity contribution in [3.05, 3.63) is 54.2 Å². The second kappa shape index (κ2) is 6.69. The summed E-state index contributed by atoms with van der Waals surface area (Å²) in [5.74, 6) is 0.723. The molecule has 0 aliphatic carbocycles. The van der Waals surface area contributed by atoms with Crippen LogP contribution < -0.4 is 19.7 Å². The van der Waals surface area contributed by atoms with Gasteiger partial charge in [-0.25, -0.2) is 4.90 Å². The molecule has 1 aromatic heterocycles. The number of aromatic amines is 1. The van der Waals surface area contributed by atoms with Gasteiger partial charge in [0.05, 0.1) is 18.2 Å². The van der Waals surface area contributed by atoms with Crippen LogP contribution in [0.3, 0.4) is 0 Å². The van der Waals surface area contributed by atoms with E-state index >= 15 is 0 Å². The predicted molar refractivity (Wildman–Crippen MR) is 103 cm³/mol. The van der Waals surface area contributed by atoms with E-state index in [1.807, 2.05) is 24.4 Å². The van der Waals surface area contributed by atoms with Crippen LogP contribution in [0, 0.1) is 0 Å². The monoisotopic (exact) mass is 377 g/mol. The van der Waals surface area contributed by atoms with Crippen molar-refractivity contribution in [3.8, 4) is 11.5 Å². The molecule has 1 atom stereocenters. The number of hydrogen-bond acceptors (Lipinski definition) is 5. The molecule has 1 saturated heterocycles. The summed E-state index contributed by atoms with van der Waals surface area (Å²) in [5, 5.41) is 4.42. The van der Waals surface area contributed by atoms with Crippen LogP contribution >= 0.6 is 0 Å². The molecule has 3 aromatic rings. The zero-order chi connectivity index (χ0) is 19.1. The molecule has 2 aliphatic heterocycles. The van der Waals surface area contributed by atoms with E-state index in [1.165, 1.54) is 15.8 Å². The summed E-state index contributed by atoms with van der Waals surface area (Å²) in [6.07, 6.45) is 2.92. The number of carbonyl (C=O) groups is 2. The van der Waals surface area contributed by atoms with Gasteiger partial charge in [-0.05, 0) is 30.2 Å². The van der Waals surface area contributed by atoms with Gasteiger partial charge in [-0.1, -0.05) is 18.2 Å². The molecule has 7 heteroatoms. The number of H-pyrrole nitrogens is 1. The van der Waals surface area contributed by atoms with Crippen molar-refractivity contribution in [1.29, 1.82) is 0 Å². The lowest BCUT2D eigenvalue weighted by Crippen LogP contribution is -2.39. The van der Waals surface area contributed by atoms with E-state index in [9.17, 15) is 9.59 Å². The number of ether oxygens (including phenoxy) is 2. The number of hydrogen-bond donors (Lipinski definition) is 2. The second-order valence-corrected chi connectivity index (χ2v) is 6.93. The third kappa shape index (κ3) is 2.80. The molecular weight excluding hydrogens is 358 g/mol. The smallest absolute Gasteiger partial charge is 0.251 e. The minimum Gasteiger partial charge on any atom is -0.454 e. The van der Waals surface area contributed by atoms with Crippen LogP contribution in [0.4, 0.5) is 5.69 Å². The van der Waals surface area contributed by atoms with E-state index in [4.69, 9.17) is 9.47 Å². The number of fused-ring (bicyclic) bond motifs is 2. The Bertz CT molecular complexity index is 1070. The third-order valence-electron chi connectivity index (χ3n) is 5.22. The quantitative estimate of drug-likeness (QED) is 0.667. The highest BCUT2D eigenvalue weighted by Crippen LogP contribution is 2.36. The third-order valence-corrected chi connectivity index (χ3v) is 5.22.